The molecule has 2 heterocycles. The van der Waals surface area contributed by atoms with Gasteiger partial charge in [-0.15, -0.1) is 0 Å². The number of carbonyl (C=O) groups is 2. The summed E-state index contributed by atoms with van der Waals surface area (Å²) in [6.45, 7) is 1.27. The Morgan fingerprint density at radius 2 is 2.11 bits per heavy atom. The molecule has 19 heavy (non-hydrogen) atoms. The number of hydrogen-bond donors (Lipinski definition) is 2. The topological polar surface area (TPSA) is 101 Å². The summed E-state index contributed by atoms with van der Waals surface area (Å²) in [6.07, 6.45) is 7.01. The van der Waals surface area contributed by atoms with E-state index in [-0.39, 0.29) is 12.3 Å². The maximum atomic E-state index is 11.9. The van der Waals surface area contributed by atoms with E-state index in [2.05, 4.69) is 4.98 Å². The molecule has 0 aliphatic carbocycles. The fourth-order valence-electron chi connectivity index (χ4n) is 2.30. The predicted molar refractivity (Wildman–Crippen MR) is 67.3 cm³/mol. The summed E-state index contributed by atoms with van der Waals surface area (Å²) >= 11 is 0. The summed E-state index contributed by atoms with van der Waals surface area (Å²) in [5, 5.41) is 8.69. The molecule has 7 nitrogen and oxygen atoms in total. The second kappa shape index (κ2) is 5.83. The summed E-state index contributed by atoms with van der Waals surface area (Å²) in [7, 11) is 0. The molecule has 3 N–H and O–H groups in total. The van der Waals surface area contributed by atoms with E-state index in [1.54, 1.807) is 17.4 Å². The third-order valence-electron chi connectivity index (χ3n) is 3.48. The number of nitrogens with zero attached hydrogens (tertiary/aromatic N) is 3. The van der Waals surface area contributed by atoms with Crippen molar-refractivity contribution in [1.29, 1.82) is 0 Å². The van der Waals surface area contributed by atoms with Gasteiger partial charge in [0.05, 0.1) is 12.7 Å². The number of carboxylic acids is 1. The van der Waals surface area contributed by atoms with Crippen LogP contribution in [0.15, 0.2) is 18.7 Å². The zero-order valence-electron chi connectivity index (χ0n) is 10.6. The number of carboxylic acid groups (broad SMARTS) is 1. The lowest BCUT2D eigenvalue weighted by Gasteiger charge is -2.32. The number of amides is 1. The molecule has 1 saturated heterocycles. The van der Waals surface area contributed by atoms with Gasteiger partial charge in [-0.1, -0.05) is 0 Å². The number of aromatic nitrogens is 2. The molecule has 1 aliphatic heterocycles. The largest absolute Gasteiger partial charge is 0.480 e. The summed E-state index contributed by atoms with van der Waals surface area (Å²) in [5.74, 6) is -1.32. The van der Waals surface area contributed by atoms with E-state index in [1.165, 1.54) is 0 Å². The van der Waals surface area contributed by atoms with Crippen LogP contribution in [0.4, 0.5) is 0 Å². The van der Waals surface area contributed by atoms with Crippen molar-refractivity contribution >= 4 is 11.9 Å². The number of aliphatic carboxylic acids is 1. The van der Waals surface area contributed by atoms with Crippen molar-refractivity contribution in [2.45, 2.75) is 31.3 Å². The average molecular weight is 266 g/mol. The van der Waals surface area contributed by atoms with Crippen LogP contribution < -0.4 is 5.73 Å². The lowest BCUT2D eigenvalue weighted by molar-refractivity contribution is -0.142. The Labute approximate surface area is 111 Å². The molecule has 2 rings (SSSR count). The molecule has 0 aromatic carbocycles. The zero-order valence-corrected chi connectivity index (χ0v) is 10.6. The van der Waals surface area contributed by atoms with Gasteiger partial charge < -0.3 is 20.3 Å². The van der Waals surface area contributed by atoms with Crippen LogP contribution in [0.3, 0.4) is 0 Å². The van der Waals surface area contributed by atoms with Gasteiger partial charge in [-0.2, -0.15) is 0 Å². The first-order chi connectivity index (χ1) is 9.08. The molecule has 0 radical (unpaired) electrons. The van der Waals surface area contributed by atoms with Crippen molar-refractivity contribution in [3.05, 3.63) is 18.7 Å². The molecule has 1 aromatic heterocycles. The molecule has 0 saturated carbocycles. The molecule has 0 spiro atoms. The van der Waals surface area contributed by atoms with Crippen LogP contribution in [0.2, 0.25) is 0 Å². The SMILES string of the molecule is N[C@@H](CC(=O)N1CCC(n2ccnc2)CC1)C(=O)O. The quantitative estimate of drug-likeness (QED) is 0.789. The number of likely N-dealkylation sites (tertiary alicyclic amines) is 1. The van der Waals surface area contributed by atoms with E-state index < -0.39 is 12.0 Å². The van der Waals surface area contributed by atoms with Gasteiger partial charge in [0, 0.05) is 31.5 Å². The molecule has 1 atom stereocenters. The van der Waals surface area contributed by atoms with Crippen LogP contribution in [-0.4, -0.2) is 50.6 Å². The first kappa shape index (κ1) is 13.5. The van der Waals surface area contributed by atoms with Gasteiger partial charge in [-0.05, 0) is 12.8 Å². The normalized spacial score (nSPS) is 18.3. The number of rotatable bonds is 4. The molecule has 1 aliphatic rings. The van der Waals surface area contributed by atoms with E-state index >= 15 is 0 Å². The average Bonchev–Trinajstić information content (AvgIpc) is 2.92. The Balaban J connectivity index is 1.83. The zero-order chi connectivity index (χ0) is 13.8. The molecule has 104 valence electrons. The van der Waals surface area contributed by atoms with E-state index in [4.69, 9.17) is 10.8 Å². The summed E-state index contributed by atoms with van der Waals surface area (Å²) in [5.41, 5.74) is 5.37. The third kappa shape index (κ3) is 3.31. The number of hydrogen-bond acceptors (Lipinski definition) is 4. The second-order valence-electron chi connectivity index (χ2n) is 4.77. The highest BCUT2D eigenvalue weighted by Gasteiger charge is 2.26. The van der Waals surface area contributed by atoms with Gasteiger partial charge in [0.15, 0.2) is 0 Å². The molecular formula is C12H18N4O3. The number of carbonyl (C=O) groups excluding carboxylic acids is 1. The first-order valence-electron chi connectivity index (χ1n) is 6.31. The third-order valence-corrected chi connectivity index (χ3v) is 3.48. The second-order valence-corrected chi connectivity index (χ2v) is 4.77. The van der Waals surface area contributed by atoms with Crippen molar-refractivity contribution in [2.75, 3.05) is 13.1 Å². The highest BCUT2D eigenvalue weighted by atomic mass is 16.4. The minimum Gasteiger partial charge on any atom is -0.480 e. The van der Waals surface area contributed by atoms with Crippen molar-refractivity contribution in [2.24, 2.45) is 5.73 Å². The Bertz CT molecular complexity index is 438. The van der Waals surface area contributed by atoms with Gasteiger partial charge >= 0.3 is 5.97 Å². The van der Waals surface area contributed by atoms with E-state index in [0.29, 0.717) is 19.1 Å². The van der Waals surface area contributed by atoms with Crippen LogP contribution in [0, 0.1) is 0 Å². The smallest absolute Gasteiger partial charge is 0.321 e. The lowest BCUT2D eigenvalue weighted by Crippen LogP contribution is -2.43. The highest BCUT2D eigenvalue weighted by molar-refractivity contribution is 5.84. The maximum absolute atomic E-state index is 11.9. The van der Waals surface area contributed by atoms with Crippen LogP contribution >= 0.6 is 0 Å². The monoisotopic (exact) mass is 266 g/mol. The van der Waals surface area contributed by atoms with Crippen molar-refractivity contribution in [3.8, 4) is 0 Å². The first-order valence-corrected chi connectivity index (χ1v) is 6.31. The van der Waals surface area contributed by atoms with E-state index in [0.717, 1.165) is 12.8 Å². The summed E-state index contributed by atoms with van der Waals surface area (Å²) in [4.78, 5) is 28.2. The lowest BCUT2D eigenvalue weighted by atomic mass is 10.0. The van der Waals surface area contributed by atoms with Gasteiger partial charge in [0.2, 0.25) is 5.91 Å². The Morgan fingerprint density at radius 1 is 1.42 bits per heavy atom. The van der Waals surface area contributed by atoms with Gasteiger partial charge in [0.1, 0.15) is 6.04 Å². The molecule has 1 aromatic rings. The molecule has 1 fully saturated rings. The maximum Gasteiger partial charge on any atom is 0.321 e. The number of piperidine rings is 1. The standard InChI is InChI=1S/C12H18N4O3/c13-10(12(18)19)7-11(17)15-4-1-9(2-5-15)16-6-3-14-8-16/h3,6,8-10H,1-2,4-5,7,13H2,(H,18,19)/t10-/m0/s1. The Hall–Kier alpha value is -1.89. The van der Waals surface area contributed by atoms with Gasteiger partial charge in [-0.3, -0.25) is 9.59 Å². The number of imidazole rings is 1. The van der Waals surface area contributed by atoms with E-state index in [1.807, 2.05) is 10.8 Å². The predicted octanol–water partition coefficient (Wildman–Crippen LogP) is -0.151. The fourth-order valence-corrected chi connectivity index (χ4v) is 2.30. The molecule has 0 unspecified atom stereocenters. The highest BCUT2D eigenvalue weighted by Crippen LogP contribution is 2.22. The minimum atomic E-state index is -1.14. The number of nitrogens with two attached hydrogens (primary N) is 1. The van der Waals surface area contributed by atoms with Crippen LogP contribution in [0.5, 0.6) is 0 Å². The van der Waals surface area contributed by atoms with Crippen LogP contribution in [0.1, 0.15) is 25.3 Å². The molecule has 0 bridgehead atoms. The summed E-state index contributed by atoms with van der Waals surface area (Å²) in [6, 6.07) is -0.751. The minimum absolute atomic E-state index is 0.134. The van der Waals surface area contributed by atoms with Gasteiger partial charge in [0.25, 0.3) is 0 Å². The Kier molecular flexibility index (Phi) is 4.16. The van der Waals surface area contributed by atoms with Crippen LogP contribution in [0.25, 0.3) is 0 Å². The van der Waals surface area contributed by atoms with E-state index in [9.17, 15) is 9.59 Å². The van der Waals surface area contributed by atoms with Crippen molar-refractivity contribution in [1.82, 2.24) is 14.5 Å². The Morgan fingerprint density at radius 3 is 2.63 bits per heavy atom. The molecular weight excluding hydrogens is 248 g/mol. The molecule has 1 amide bonds. The van der Waals surface area contributed by atoms with Crippen molar-refractivity contribution in [3.63, 3.8) is 0 Å². The summed E-state index contributed by atoms with van der Waals surface area (Å²) < 4.78 is 2.05. The fraction of sp³-hybridized carbons (Fsp3) is 0.583. The van der Waals surface area contributed by atoms with Crippen LogP contribution in [-0.2, 0) is 9.59 Å². The van der Waals surface area contributed by atoms with Crippen molar-refractivity contribution < 1.29 is 14.7 Å². The molecule has 7 heteroatoms. The van der Waals surface area contributed by atoms with Gasteiger partial charge in [-0.25, -0.2) is 4.98 Å².